The number of hydrogen-bond donors (Lipinski definition) is 0. The van der Waals surface area contributed by atoms with Crippen LogP contribution in [0.15, 0.2) is 12.2 Å². The van der Waals surface area contributed by atoms with Crippen LogP contribution in [0.4, 0.5) is 0 Å². The maximum Gasteiger partial charge on any atom is 0.0984 e. The first kappa shape index (κ1) is 15.6. The average Bonchev–Trinajstić information content (AvgIpc) is 2.50. The summed E-state index contributed by atoms with van der Waals surface area (Å²) in [7, 11) is -1.72. The Morgan fingerprint density at radius 1 is 1.38 bits per heavy atom. The van der Waals surface area contributed by atoms with Crippen molar-refractivity contribution in [1.82, 2.24) is 0 Å². The Morgan fingerprint density at radius 2 is 1.81 bits per heavy atom. The molecule has 0 saturated carbocycles. The fraction of sp³-hybridized carbons (Fsp3) is 0.818. The monoisotopic (exact) mass is 249 g/mol. The van der Waals surface area contributed by atoms with Gasteiger partial charge in [0.15, 0.2) is 0 Å². The first-order valence-corrected chi connectivity index (χ1v) is 7.18. The quantitative estimate of drug-likeness (QED) is 0.431. The molecule has 96 valence electrons. The van der Waals surface area contributed by atoms with Gasteiger partial charge in [-0.1, -0.05) is 12.2 Å². The summed E-state index contributed by atoms with van der Waals surface area (Å²) in [6.45, 7) is 11.2. The SMILES string of the molecule is C=C(C)CS(=O)(=O)[O-].CC[N+]1(C)CCCC1. The second kappa shape index (κ2) is 6.37. The van der Waals surface area contributed by atoms with Gasteiger partial charge < -0.3 is 9.04 Å². The van der Waals surface area contributed by atoms with Crippen molar-refractivity contribution in [3.05, 3.63) is 12.2 Å². The highest BCUT2D eigenvalue weighted by atomic mass is 32.2. The molecule has 0 N–H and O–H groups in total. The predicted molar refractivity (Wildman–Crippen MR) is 65.1 cm³/mol. The van der Waals surface area contributed by atoms with E-state index in [0.29, 0.717) is 5.57 Å². The molecule has 4 nitrogen and oxygen atoms in total. The van der Waals surface area contributed by atoms with Crippen molar-refractivity contribution in [2.75, 3.05) is 32.4 Å². The Morgan fingerprint density at radius 3 is 1.94 bits per heavy atom. The Balaban J connectivity index is 0.000000281. The zero-order chi connectivity index (χ0) is 12.8. The van der Waals surface area contributed by atoms with Gasteiger partial charge in [-0.15, -0.1) is 0 Å². The van der Waals surface area contributed by atoms with Gasteiger partial charge >= 0.3 is 0 Å². The molecule has 0 aliphatic carbocycles. The van der Waals surface area contributed by atoms with Crippen LogP contribution in [0.3, 0.4) is 0 Å². The van der Waals surface area contributed by atoms with Crippen molar-refractivity contribution in [2.24, 2.45) is 0 Å². The summed E-state index contributed by atoms with van der Waals surface area (Å²) in [5, 5.41) is 0. The standard InChI is InChI=1S/C7H16N.C4H8O3S/c1-3-8(2)6-4-5-7-8;1-4(2)3-8(5,6)7/h3-7H2,1-2H3;1,3H2,2H3,(H,5,6,7)/q+1;/p-1. The third-order valence-corrected chi connectivity index (χ3v) is 3.68. The highest BCUT2D eigenvalue weighted by molar-refractivity contribution is 7.85. The molecule has 16 heavy (non-hydrogen) atoms. The van der Waals surface area contributed by atoms with Crippen LogP contribution in [-0.4, -0.2) is 49.9 Å². The van der Waals surface area contributed by atoms with Crippen LogP contribution in [0.1, 0.15) is 26.7 Å². The van der Waals surface area contributed by atoms with Gasteiger partial charge in [0, 0.05) is 12.8 Å². The van der Waals surface area contributed by atoms with E-state index in [2.05, 4.69) is 20.6 Å². The molecule has 0 bridgehead atoms. The lowest BCUT2D eigenvalue weighted by atomic mass is 10.4. The summed E-state index contributed by atoms with van der Waals surface area (Å²) < 4.78 is 30.8. The molecule has 1 aliphatic rings. The first-order valence-electron chi connectivity index (χ1n) is 5.60. The fourth-order valence-electron chi connectivity index (χ4n) is 1.72. The number of hydrogen-bond acceptors (Lipinski definition) is 3. The third kappa shape index (κ3) is 7.84. The number of quaternary nitrogens is 1. The molecular formula is C11H23NO3S. The van der Waals surface area contributed by atoms with Crippen LogP contribution in [-0.2, 0) is 10.1 Å². The Kier molecular flexibility index (Phi) is 6.22. The number of rotatable bonds is 3. The zero-order valence-electron chi connectivity index (χ0n) is 10.5. The van der Waals surface area contributed by atoms with E-state index in [0.717, 1.165) is 0 Å². The predicted octanol–water partition coefficient (Wildman–Crippen LogP) is 1.35. The summed E-state index contributed by atoms with van der Waals surface area (Å²) in [4.78, 5) is 0. The van der Waals surface area contributed by atoms with Crippen molar-refractivity contribution in [2.45, 2.75) is 26.7 Å². The fourth-order valence-corrected chi connectivity index (χ4v) is 2.32. The molecule has 0 atom stereocenters. The molecule has 0 aromatic rings. The van der Waals surface area contributed by atoms with Gasteiger partial charge in [-0.25, -0.2) is 8.42 Å². The van der Waals surface area contributed by atoms with Gasteiger partial charge in [-0.2, -0.15) is 0 Å². The molecule has 1 rings (SSSR count). The van der Waals surface area contributed by atoms with Crippen LogP contribution in [0.25, 0.3) is 0 Å². The largest absolute Gasteiger partial charge is 0.748 e. The minimum absolute atomic E-state index is 0.375. The van der Waals surface area contributed by atoms with Crippen molar-refractivity contribution in [3.63, 3.8) is 0 Å². The number of likely N-dealkylation sites (tertiary alicyclic amines) is 1. The second-order valence-electron chi connectivity index (χ2n) is 4.75. The summed E-state index contributed by atoms with van der Waals surface area (Å²) in [6, 6.07) is 0. The molecule has 5 heteroatoms. The van der Waals surface area contributed by atoms with E-state index >= 15 is 0 Å². The Bertz CT molecular complexity index is 316. The van der Waals surface area contributed by atoms with Crippen LogP contribution in [0, 0.1) is 0 Å². The number of nitrogens with zero attached hydrogens (tertiary/aromatic N) is 1. The van der Waals surface area contributed by atoms with E-state index < -0.39 is 15.9 Å². The molecule has 1 heterocycles. The van der Waals surface area contributed by atoms with Crippen molar-refractivity contribution >= 4 is 10.1 Å². The normalized spacial score (nSPS) is 18.8. The summed E-state index contributed by atoms with van der Waals surface area (Å²) in [5.41, 5.74) is 0.375. The highest BCUT2D eigenvalue weighted by Crippen LogP contribution is 2.14. The molecule has 0 aromatic carbocycles. The topological polar surface area (TPSA) is 57.2 Å². The van der Waals surface area contributed by atoms with E-state index in [9.17, 15) is 13.0 Å². The van der Waals surface area contributed by atoms with Gasteiger partial charge in [-0.05, 0) is 13.8 Å². The molecule has 1 aliphatic heterocycles. The van der Waals surface area contributed by atoms with E-state index in [1.807, 2.05) is 0 Å². The molecule has 0 unspecified atom stereocenters. The molecule has 0 aromatic heterocycles. The molecule has 0 radical (unpaired) electrons. The lowest BCUT2D eigenvalue weighted by Crippen LogP contribution is -2.40. The van der Waals surface area contributed by atoms with Crippen molar-refractivity contribution in [1.29, 1.82) is 0 Å². The zero-order valence-corrected chi connectivity index (χ0v) is 11.3. The summed E-state index contributed by atoms with van der Waals surface area (Å²) >= 11 is 0. The van der Waals surface area contributed by atoms with Gasteiger partial charge in [0.25, 0.3) is 0 Å². The molecule has 0 spiro atoms. The van der Waals surface area contributed by atoms with E-state index in [1.54, 1.807) is 0 Å². The molecule has 0 amide bonds. The van der Waals surface area contributed by atoms with Gasteiger partial charge in [0.1, 0.15) is 0 Å². The van der Waals surface area contributed by atoms with Crippen molar-refractivity contribution in [3.8, 4) is 0 Å². The highest BCUT2D eigenvalue weighted by Gasteiger charge is 2.23. The minimum Gasteiger partial charge on any atom is -0.748 e. The maximum atomic E-state index is 9.83. The van der Waals surface area contributed by atoms with Crippen molar-refractivity contribution < 1.29 is 17.5 Å². The maximum absolute atomic E-state index is 9.83. The average molecular weight is 249 g/mol. The molecule has 1 fully saturated rings. The van der Waals surface area contributed by atoms with E-state index in [4.69, 9.17) is 0 Å². The lowest BCUT2D eigenvalue weighted by Gasteiger charge is -2.26. The van der Waals surface area contributed by atoms with E-state index in [-0.39, 0.29) is 0 Å². The lowest BCUT2D eigenvalue weighted by molar-refractivity contribution is -0.895. The summed E-state index contributed by atoms with van der Waals surface area (Å²) in [6.07, 6.45) is 2.90. The van der Waals surface area contributed by atoms with Crippen LogP contribution < -0.4 is 0 Å². The third-order valence-electron chi connectivity index (χ3n) is 2.83. The molecule has 1 saturated heterocycles. The second-order valence-corrected chi connectivity index (χ2v) is 6.15. The Hall–Kier alpha value is -0.390. The van der Waals surface area contributed by atoms with Gasteiger partial charge in [0.2, 0.25) is 0 Å². The van der Waals surface area contributed by atoms with Crippen LogP contribution in [0.5, 0.6) is 0 Å². The Labute approximate surface area is 99.3 Å². The van der Waals surface area contributed by atoms with Crippen LogP contribution >= 0.6 is 0 Å². The molecular weight excluding hydrogens is 226 g/mol. The smallest absolute Gasteiger partial charge is 0.0984 e. The van der Waals surface area contributed by atoms with Gasteiger partial charge in [0.05, 0.1) is 42.6 Å². The van der Waals surface area contributed by atoms with Gasteiger partial charge in [-0.3, -0.25) is 0 Å². The first-order chi connectivity index (χ1) is 7.18. The van der Waals surface area contributed by atoms with Crippen LogP contribution in [0.2, 0.25) is 0 Å². The minimum atomic E-state index is -4.07. The van der Waals surface area contributed by atoms with E-state index in [1.165, 1.54) is 43.9 Å². The summed E-state index contributed by atoms with van der Waals surface area (Å²) in [5.74, 6) is -0.451.